The first-order chi connectivity index (χ1) is 5.88. The van der Waals surface area contributed by atoms with Crippen molar-refractivity contribution < 1.29 is 0 Å². The molecule has 0 fully saturated rings. The van der Waals surface area contributed by atoms with Crippen LogP contribution in [0, 0.1) is 0 Å². The average molecular weight is 161 g/mol. The minimum absolute atomic E-state index is 0.719. The van der Waals surface area contributed by atoms with Crippen LogP contribution in [0.1, 0.15) is 31.2 Å². The Hall–Kier alpha value is -0.980. The van der Waals surface area contributed by atoms with Crippen molar-refractivity contribution in [1.82, 2.24) is 0 Å². The Morgan fingerprint density at radius 2 is 2.17 bits per heavy atom. The van der Waals surface area contributed by atoms with E-state index in [1.54, 1.807) is 0 Å². The molecule has 0 aromatic heterocycles. The highest BCUT2D eigenvalue weighted by Gasteiger charge is 2.12. The minimum Gasteiger partial charge on any atom is -0.385 e. The Balaban J connectivity index is 2.39. The van der Waals surface area contributed by atoms with Crippen molar-refractivity contribution in [2.75, 3.05) is 11.9 Å². The zero-order valence-electron chi connectivity index (χ0n) is 7.51. The topological polar surface area (TPSA) is 12.0 Å². The van der Waals surface area contributed by atoms with Gasteiger partial charge in [0.05, 0.1) is 0 Å². The number of hydrogen-bond donors (Lipinski definition) is 1. The highest BCUT2D eigenvalue weighted by molar-refractivity contribution is 5.53. The van der Waals surface area contributed by atoms with Gasteiger partial charge in [-0.1, -0.05) is 25.1 Å². The van der Waals surface area contributed by atoms with E-state index < -0.39 is 0 Å². The molecule has 1 aromatic carbocycles. The van der Waals surface area contributed by atoms with Crippen LogP contribution in [-0.2, 0) is 0 Å². The van der Waals surface area contributed by atoms with Gasteiger partial charge in [0.2, 0.25) is 0 Å². The lowest BCUT2D eigenvalue weighted by Gasteiger charge is -2.11. The summed E-state index contributed by atoms with van der Waals surface area (Å²) >= 11 is 0. The maximum atomic E-state index is 3.46. The molecule has 12 heavy (non-hydrogen) atoms. The van der Waals surface area contributed by atoms with Gasteiger partial charge in [0.25, 0.3) is 0 Å². The second kappa shape index (κ2) is 3.18. The lowest BCUT2D eigenvalue weighted by atomic mass is 9.96. The van der Waals surface area contributed by atoms with Crippen molar-refractivity contribution in [2.45, 2.75) is 25.7 Å². The molecule has 1 aromatic rings. The summed E-state index contributed by atoms with van der Waals surface area (Å²) in [6.45, 7) is 3.44. The van der Waals surface area contributed by atoms with Crippen molar-refractivity contribution in [3.05, 3.63) is 29.8 Å². The van der Waals surface area contributed by atoms with Crippen LogP contribution < -0.4 is 5.32 Å². The van der Waals surface area contributed by atoms with Gasteiger partial charge in [-0.05, 0) is 30.4 Å². The van der Waals surface area contributed by atoms with E-state index in [1.807, 2.05) is 0 Å². The average Bonchev–Trinajstić information content (AvgIpc) is 2.29. The number of para-hydroxylation sites is 1. The van der Waals surface area contributed by atoms with E-state index in [2.05, 4.69) is 36.5 Å². The number of anilines is 1. The van der Waals surface area contributed by atoms with Crippen LogP contribution in [0.3, 0.4) is 0 Å². The highest BCUT2D eigenvalue weighted by atomic mass is 14.9. The summed E-state index contributed by atoms with van der Waals surface area (Å²) in [5.41, 5.74) is 2.82. The molecule has 1 heterocycles. The molecule has 1 heteroatoms. The molecular weight excluding hydrogens is 146 g/mol. The van der Waals surface area contributed by atoms with Crippen LogP contribution in [0.15, 0.2) is 24.3 Å². The monoisotopic (exact) mass is 161 g/mol. The van der Waals surface area contributed by atoms with Crippen LogP contribution >= 0.6 is 0 Å². The Kier molecular flexibility index (Phi) is 2.03. The fourth-order valence-electron chi connectivity index (χ4n) is 1.87. The van der Waals surface area contributed by atoms with E-state index in [9.17, 15) is 0 Å². The lowest BCUT2D eigenvalue weighted by molar-refractivity contribution is 0.667. The van der Waals surface area contributed by atoms with E-state index in [0.29, 0.717) is 0 Å². The molecule has 0 spiro atoms. The molecule has 64 valence electrons. The molecule has 1 nitrogen and oxygen atoms in total. The second-order valence-corrected chi connectivity index (χ2v) is 3.56. The van der Waals surface area contributed by atoms with Gasteiger partial charge in [-0.3, -0.25) is 0 Å². The Bertz CT molecular complexity index is 267. The molecular formula is C11H15N. The van der Waals surface area contributed by atoms with E-state index in [4.69, 9.17) is 0 Å². The summed E-state index contributed by atoms with van der Waals surface area (Å²) in [4.78, 5) is 0. The fourth-order valence-corrected chi connectivity index (χ4v) is 1.87. The van der Waals surface area contributed by atoms with Crippen LogP contribution in [0.4, 0.5) is 5.69 Å². The molecule has 1 aliphatic rings. The molecule has 0 amide bonds. The summed E-state index contributed by atoms with van der Waals surface area (Å²) in [5, 5.41) is 3.46. The van der Waals surface area contributed by atoms with Crippen LogP contribution in [0.5, 0.6) is 0 Å². The number of rotatable bonds is 0. The highest BCUT2D eigenvalue weighted by Crippen LogP contribution is 2.29. The summed E-state index contributed by atoms with van der Waals surface area (Å²) in [6.07, 6.45) is 2.60. The molecule has 1 unspecified atom stereocenters. The van der Waals surface area contributed by atoms with Crippen LogP contribution in [-0.4, -0.2) is 6.54 Å². The van der Waals surface area contributed by atoms with Crippen molar-refractivity contribution in [2.24, 2.45) is 0 Å². The third-order valence-corrected chi connectivity index (χ3v) is 2.62. The van der Waals surface area contributed by atoms with Gasteiger partial charge in [-0.25, -0.2) is 0 Å². The molecule has 0 radical (unpaired) electrons. The minimum atomic E-state index is 0.719. The predicted octanol–water partition coefficient (Wildman–Crippen LogP) is 3.00. The molecule has 1 N–H and O–H groups in total. The number of nitrogens with one attached hydrogen (secondary N) is 1. The van der Waals surface area contributed by atoms with Crippen molar-refractivity contribution in [3.63, 3.8) is 0 Å². The van der Waals surface area contributed by atoms with Gasteiger partial charge in [0.15, 0.2) is 0 Å². The smallest absolute Gasteiger partial charge is 0.0375 e. The van der Waals surface area contributed by atoms with Gasteiger partial charge in [-0.2, -0.15) is 0 Å². The molecule has 0 saturated carbocycles. The molecule has 0 saturated heterocycles. The summed E-state index contributed by atoms with van der Waals surface area (Å²) in [7, 11) is 0. The van der Waals surface area contributed by atoms with Crippen LogP contribution in [0.25, 0.3) is 0 Å². The SMILES string of the molecule is CC1CCCNc2ccccc21. The third kappa shape index (κ3) is 1.31. The maximum absolute atomic E-state index is 3.46. The maximum Gasteiger partial charge on any atom is 0.0375 e. The first-order valence-corrected chi connectivity index (χ1v) is 4.71. The largest absolute Gasteiger partial charge is 0.385 e. The Morgan fingerprint density at radius 1 is 1.33 bits per heavy atom. The third-order valence-electron chi connectivity index (χ3n) is 2.62. The first-order valence-electron chi connectivity index (χ1n) is 4.71. The van der Waals surface area contributed by atoms with Gasteiger partial charge in [-0.15, -0.1) is 0 Å². The summed E-state index contributed by atoms with van der Waals surface area (Å²) in [6, 6.07) is 8.64. The zero-order chi connectivity index (χ0) is 8.39. The number of fused-ring (bicyclic) bond motifs is 1. The normalized spacial score (nSPS) is 22.2. The standard InChI is InChI=1S/C11H15N/c1-9-5-4-8-12-11-7-3-2-6-10(9)11/h2-3,6-7,9,12H,4-5,8H2,1H3. The molecule has 1 aliphatic heterocycles. The van der Waals surface area contributed by atoms with Gasteiger partial charge in [0, 0.05) is 12.2 Å². The molecule has 0 aliphatic carbocycles. The van der Waals surface area contributed by atoms with Crippen molar-refractivity contribution in [1.29, 1.82) is 0 Å². The Morgan fingerprint density at radius 3 is 3.08 bits per heavy atom. The summed E-state index contributed by atoms with van der Waals surface area (Å²) in [5.74, 6) is 0.719. The number of benzene rings is 1. The zero-order valence-corrected chi connectivity index (χ0v) is 7.51. The first kappa shape index (κ1) is 7.66. The van der Waals surface area contributed by atoms with E-state index in [1.165, 1.54) is 24.1 Å². The lowest BCUT2D eigenvalue weighted by Crippen LogP contribution is -1.98. The van der Waals surface area contributed by atoms with Crippen molar-refractivity contribution >= 4 is 5.69 Å². The molecule has 0 bridgehead atoms. The molecule has 2 rings (SSSR count). The Labute approximate surface area is 73.8 Å². The van der Waals surface area contributed by atoms with E-state index in [-0.39, 0.29) is 0 Å². The number of hydrogen-bond acceptors (Lipinski definition) is 1. The van der Waals surface area contributed by atoms with E-state index in [0.717, 1.165) is 12.5 Å². The van der Waals surface area contributed by atoms with Gasteiger partial charge >= 0.3 is 0 Å². The van der Waals surface area contributed by atoms with Gasteiger partial charge in [0.1, 0.15) is 0 Å². The molecule has 1 atom stereocenters. The fraction of sp³-hybridized carbons (Fsp3) is 0.455. The second-order valence-electron chi connectivity index (χ2n) is 3.56. The predicted molar refractivity (Wildman–Crippen MR) is 52.6 cm³/mol. The summed E-state index contributed by atoms with van der Waals surface area (Å²) < 4.78 is 0. The van der Waals surface area contributed by atoms with Crippen molar-refractivity contribution in [3.8, 4) is 0 Å². The van der Waals surface area contributed by atoms with Crippen LogP contribution in [0.2, 0.25) is 0 Å². The quantitative estimate of drug-likeness (QED) is 0.616. The van der Waals surface area contributed by atoms with Gasteiger partial charge < -0.3 is 5.32 Å². The van der Waals surface area contributed by atoms with E-state index >= 15 is 0 Å².